The Morgan fingerprint density at radius 2 is 2.11 bits per heavy atom. The van der Waals surface area contributed by atoms with Gasteiger partial charge in [0.25, 0.3) is 0 Å². The molecule has 0 aromatic heterocycles. The lowest BCUT2D eigenvalue weighted by Gasteiger charge is -2.20. The summed E-state index contributed by atoms with van der Waals surface area (Å²) in [4.78, 5) is 19.4. The summed E-state index contributed by atoms with van der Waals surface area (Å²) in [7, 11) is 0. The van der Waals surface area contributed by atoms with E-state index in [1.54, 1.807) is 6.92 Å². The Labute approximate surface area is 106 Å². The van der Waals surface area contributed by atoms with Gasteiger partial charge in [-0.3, -0.25) is 0 Å². The van der Waals surface area contributed by atoms with Gasteiger partial charge in [-0.25, -0.2) is 14.8 Å². The van der Waals surface area contributed by atoms with Crippen LogP contribution in [0.4, 0.5) is 0 Å². The van der Waals surface area contributed by atoms with Crippen molar-refractivity contribution in [1.29, 1.82) is 0 Å². The number of nitrogens with one attached hydrogen (secondary N) is 1. The molecule has 0 radical (unpaired) electrons. The average Bonchev–Trinajstić information content (AvgIpc) is 2.37. The second kappa shape index (κ2) is 5.43. The maximum absolute atomic E-state index is 10.7. The molecule has 1 N–H and O–H groups in total. The van der Waals surface area contributed by atoms with Crippen LogP contribution in [-0.2, 0) is 11.3 Å². The van der Waals surface area contributed by atoms with E-state index >= 15 is 0 Å². The van der Waals surface area contributed by atoms with Crippen LogP contribution in [0.25, 0.3) is 0 Å². The van der Waals surface area contributed by atoms with Crippen molar-refractivity contribution in [1.82, 2.24) is 5.32 Å². The van der Waals surface area contributed by atoms with Crippen molar-refractivity contribution in [2.45, 2.75) is 26.4 Å². The van der Waals surface area contributed by atoms with Gasteiger partial charge < -0.3 is 5.32 Å². The molecular weight excluding hydrogens is 226 g/mol. The molecule has 0 amide bonds. The van der Waals surface area contributed by atoms with Crippen LogP contribution < -0.4 is 5.32 Å². The van der Waals surface area contributed by atoms with Crippen LogP contribution in [-0.4, -0.2) is 23.7 Å². The molecule has 1 aromatic carbocycles. The van der Waals surface area contributed by atoms with Gasteiger partial charge in [-0.05, 0) is 19.4 Å². The molecule has 0 fully saturated rings. The molecule has 1 aromatic rings. The molecule has 4 nitrogen and oxygen atoms in total. The number of aliphatic imine (C=N–C) groups is 2. The number of carbonyl (C=O) groups excluding carboxylic acids is 1. The summed E-state index contributed by atoms with van der Waals surface area (Å²) >= 11 is 0. The first-order valence-corrected chi connectivity index (χ1v) is 5.86. The van der Waals surface area contributed by atoms with Crippen LogP contribution >= 0.6 is 0 Å². The van der Waals surface area contributed by atoms with E-state index in [9.17, 15) is 4.79 Å². The van der Waals surface area contributed by atoms with Crippen molar-refractivity contribution in [2.75, 3.05) is 0 Å². The Kier molecular flexibility index (Phi) is 3.70. The number of nitrogens with zero attached hydrogens (tertiary/aromatic N) is 2. The molecule has 1 heterocycles. The fourth-order valence-electron chi connectivity index (χ4n) is 1.82. The molecule has 4 heteroatoms. The molecule has 0 aliphatic carbocycles. The first kappa shape index (κ1) is 12.3. The second-order valence-corrected chi connectivity index (χ2v) is 4.20. The monoisotopic (exact) mass is 241 g/mol. The third-order valence-electron chi connectivity index (χ3n) is 2.81. The standard InChI is InChI=1S/C14H15N3O/c1-10-13(9-18)11(2)17-14(16-10)15-8-12-6-4-3-5-7-12/h3-7,10H,8H2,1-2H3,(H,15,16). The predicted molar refractivity (Wildman–Crippen MR) is 72.5 cm³/mol. The molecular formula is C14H15N3O. The largest absolute Gasteiger partial charge is 0.347 e. The van der Waals surface area contributed by atoms with Gasteiger partial charge in [0.2, 0.25) is 5.96 Å². The predicted octanol–water partition coefficient (Wildman–Crippen LogP) is 1.75. The summed E-state index contributed by atoms with van der Waals surface area (Å²) in [5.41, 5.74) is 2.38. The molecule has 1 aliphatic heterocycles. The molecule has 0 spiro atoms. The summed E-state index contributed by atoms with van der Waals surface area (Å²) in [5.74, 6) is 2.49. The molecule has 92 valence electrons. The minimum atomic E-state index is -0.0884. The fourth-order valence-corrected chi connectivity index (χ4v) is 1.82. The SMILES string of the molecule is CC1=NC(=NCc2ccccc2)NC(C)C1=C=O. The zero-order valence-corrected chi connectivity index (χ0v) is 10.5. The van der Waals surface area contributed by atoms with Crippen molar-refractivity contribution in [3.05, 3.63) is 41.5 Å². The zero-order chi connectivity index (χ0) is 13.0. The van der Waals surface area contributed by atoms with Crippen LogP contribution in [0.3, 0.4) is 0 Å². The molecule has 18 heavy (non-hydrogen) atoms. The maximum Gasteiger partial charge on any atom is 0.219 e. The first-order valence-electron chi connectivity index (χ1n) is 5.86. The molecule has 0 bridgehead atoms. The van der Waals surface area contributed by atoms with E-state index in [4.69, 9.17) is 0 Å². The minimum absolute atomic E-state index is 0.0884. The Morgan fingerprint density at radius 1 is 1.39 bits per heavy atom. The Bertz CT molecular complexity index is 539. The normalized spacial score (nSPS) is 21.2. The van der Waals surface area contributed by atoms with Gasteiger partial charge in [0, 0.05) is 0 Å². The molecule has 2 rings (SSSR count). The lowest BCUT2D eigenvalue weighted by atomic mass is 10.1. The number of benzene rings is 1. The van der Waals surface area contributed by atoms with Crippen molar-refractivity contribution in [3.63, 3.8) is 0 Å². The van der Waals surface area contributed by atoms with Crippen molar-refractivity contribution in [2.24, 2.45) is 9.98 Å². The summed E-state index contributed by atoms with van der Waals surface area (Å²) in [6.07, 6.45) is 0. The molecule has 0 saturated heterocycles. The smallest absolute Gasteiger partial charge is 0.219 e. The van der Waals surface area contributed by atoms with E-state index in [2.05, 4.69) is 15.3 Å². The summed E-state index contributed by atoms with van der Waals surface area (Å²) < 4.78 is 0. The zero-order valence-electron chi connectivity index (χ0n) is 10.5. The number of hydrogen-bond acceptors (Lipinski definition) is 2. The second-order valence-electron chi connectivity index (χ2n) is 4.20. The molecule has 1 unspecified atom stereocenters. The number of guanidine groups is 1. The topological polar surface area (TPSA) is 53.8 Å². The van der Waals surface area contributed by atoms with E-state index in [-0.39, 0.29) is 6.04 Å². The van der Waals surface area contributed by atoms with Crippen molar-refractivity contribution < 1.29 is 4.79 Å². The molecule has 1 atom stereocenters. The van der Waals surface area contributed by atoms with Gasteiger partial charge in [0.15, 0.2) is 0 Å². The Hall–Kier alpha value is -2.19. The van der Waals surface area contributed by atoms with E-state index in [1.165, 1.54) is 0 Å². The van der Waals surface area contributed by atoms with E-state index in [1.807, 2.05) is 43.2 Å². The highest BCUT2D eigenvalue weighted by atomic mass is 16.1. The van der Waals surface area contributed by atoms with Crippen LogP contribution in [0.15, 0.2) is 45.9 Å². The van der Waals surface area contributed by atoms with E-state index < -0.39 is 0 Å². The average molecular weight is 241 g/mol. The Balaban J connectivity index is 2.16. The summed E-state index contributed by atoms with van der Waals surface area (Å²) in [6.45, 7) is 4.28. The van der Waals surface area contributed by atoms with Crippen molar-refractivity contribution in [3.8, 4) is 0 Å². The highest BCUT2D eigenvalue weighted by molar-refractivity contribution is 6.13. The van der Waals surface area contributed by atoms with Crippen LogP contribution in [0, 0.1) is 0 Å². The highest BCUT2D eigenvalue weighted by Gasteiger charge is 2.19. The first-order chi connectivity index (χ1) is 8.70. The van der Waals surface area contributed by atoms with Gasteiger partial charge in [0.1, 0.15) is 5.94 Å². The number of rotatable bonds is 2. The number of hydrogen-bond donors (Lipinski definition) is 1. The molecule has 0 saturated carbocycles. The maximum atomic E-state index is 10.7. The van der Waals surface area contributed by atoms with E-state index in [0.717, 1.165) is 5.56 Å². The lowest BCUT2D eigenvalue weighted by Crippen LogP contribution is -2.40. The quantitative estimate of drug-likeness (QED) is 0.802. The lowest BCUT2D eigenvalue weighted by molar-refractivity contribution is 0.565. The van der Waals surface area contributed by atoms with Gasteiger partial charge in [0.05, 0.1) is 23.9 Å². The van der Waals surface area contributed by atoms with Crippen LogP contribution in [0.1, 0.15) is 19.4 Å². The van der Waals surface area contributed by atoms with E-state index in [0.29, 0.717) is 23.8 Å². The summed E-state index contributed by atoms with van der Waals surface area (Å²) in [5, 5.41) is 3.08. The van der Waals surface area contributed by atoms with Gasteiger partial charge in [-0.1, -0.05) is 30.3 Å². The summed E-state index contributed by atoms with van der Waals surface area (Å²) in [6, 6.07) is 9.88. The van der Waals surface area contributed by atoms with Gasteiger partial charge in [-0.15, -0.1) is 0 Å². The minimum Gasteiger partial charge on any atom is -0.347 e. The van der Waals surface area contributed by atoms with Gasteiger partial charge >= 0.3 is 0 Å². The fraction of sp³-hybridized carbons (Fsp3) is 0.286. The van der Waals surface area contributed by atoms with Gasteiger partial charge in [-0.2, -0.15) is 0 Å². The Morgan fingerprint density at radius 3 is 2.72 bits per heavy atom. The van der Waals surface area contributed by atoms with Crippen LogP contribution in [0.5, 0.6) is 0 Å². The highest BCUT2D eigenvalue weighted by Crippen LogP contribution is 2.08. The molecule has 1 aliphatic rings. The third kappa shape index (κ3) is 2.73. The van der Waals surface area contributed by atoms with Crippen molar-refractivity contribution >= 4 is 17.6 Å². The third-order valence-corrected chi connectivity index (χ3v) is 2.81. The van der Waals surface area contributed by atoms with Crippen LogP contribution in [0.2, 0.25) is 0 Å².